The number of carbonyl (C=O) groups is 2. The summed E-state index contributed by atoms with van der Waals surface area (Å²) in [6, 6.07) is 0. The molecule has 0 fully saturated rings. The van der Waals surface area contributed by atoms with Crippen LogP contribution in [0.25, 0.3) is 0 Å². The van der Waals surface area contributed by atoms with Crippen LogP contribution < -0.4 is 10.4 Å². The zero-order valence-electron chi connectivity index (χ0n) is 20.1. The number of quaternary nitrogens is 1. The van der Waals surface area contributed by atoms with E-state index in [-0.39, 0.29) is 12.5 Å². The molecule has 0 atom stereocenters. The van der Waals surface area contributed by atoms with Gasteiger partial charge >= 0.3 is 0 Å². The Morgan fingerprint density at radius 1 is 0.800 bits per heavy atom. The first-order valence-corrected chi connectivity index (χ1v) is 12.3. The molecule has 0 aliphatic carbocycles. The summed E-state index contributed by atoms with van der Waals surface area (Å²) in [6.45, 7) is 3.58. The van der Waals surface area contributed by atoms with Crippen molar-refractivity contribution in [3.05, 3.63) is 12.2 Å². The number of amides is 1. The Labute approximate surface area is 185 Å². The first-order valence-electron chi connectivity index (χ1n) is 12.3. The molecule has 30 heavy (non-hydrogen) atoms. The van der Waals surface area contributed by atoms with Crippen LogP contribution in [0.2, 0.25) is 0 Å². The van der Waals surface area contributed by atoms with E-state index in [1.165, 1.54) is 70.6 Å². The highest BCUT2D eigenvalue weighted by atomic mass is 16.4. The molecule has 5 nitrogen and oxygen atoms in total. The minimum atomic E-state index is -1.03. The number of rotatable bonds is 21. The molecule has 0 unspecified atom stereocenters. The summed E-state index contributed by atoms with van der Waals surface area (Å²) in [7, 11) is 3.73. The van der Waals surface area contributed by atoms with E-state index in [9.17, 15) is 14.7 Å². The number of nitrogens with one attached hydrogen (secondary N) is 1. The lowest BCUT2D eigenvalue weighted by molar-refractivity contribution is -0.884. The summed E-state index contributed by atoms with van der Waals surface area (Å²) in [5.41, 5.74) is 0. The number of carboxylic acid groups (broad SMARTS) is 1. The van der Waals surface area contributed by atoms with Gasteiger partial charge in [-0.3, -0.25) is 4.79 Å². The Kier molecular flexibility index (Phi) is 18.7. The summed E-state index contributed by atoms with van der Waals surface area (Å²) >= 11 is 0. The number of hydrogen-bond acceptors (Lipinski definition) is 3. The van der Waals surface area contributed by atoms with Crippen molar-refractivity contribution >= 4 is 11.9 Å². The number of aliphatic carboxylic acids is 1. The van der Waals surface area contributed by atoms with E-state index >= 15 is 0 Å². The Hall–Kier alpha value is -1.36. The zero-order valence-corrected chi connectivity index (χ0v) is 20.1. The number of nitrogens with zero attached hydrogens (tertiary/aromatic N) is 1. The van der Waals surface area contributed by atoms with Gasteiger partial charge in [0.15, 0.2) is 0 Å². The Balaban J connectivity index is 3.39. The van der Waals surface area contributed by atoms with Crippen molar-refractivity contribution in [2.75, 3.05) is 33.7 Å². The molecule has 0 radical (unpaired) electrons. The zero-order chi connectivity index (χ0) is 22.5. The van der Waals surface area contributed by atoms with Gasteiger partial charge in [0, 0.05) is 19.4 Å². The summed E-state index contributed by atoms with van der Waals surface area (Å²) in [6.07, 6.45) is 22.4. The number of hydrogen-bond donors (Lipinski definition) is 1. The van der Waals surface area contributed by atoms with E-state index in [2.05, 4.69) is 24.4 Å². The Morgan fingerprint density at radius 3 is 1.90 bits per heavy atom. The summed E-state index contributed by atoms with van der Waals surface area (Å²) in [4.78, 5) is 22.5. The molecule has 0 spiro atoms. The lowest BCUT2D eigenvalue weighted by Crippen LogP contribution is -2.49. The highest BCUT2D eigenvalue weighted by Gasteiger charge is 2.14. The van der Waals surface area contributed by atoms with Crippen LogP contribution >= 0.6 is 0 Å². The van der Waals surface area contributed by atoms with Crippen molar-refractivity contribution in [3.63, 3.8) is 0 Å². The second-order valence-corrected chi connectivity index (χ2v) is 9.23. The van der Waals surface area contributed by atoms with E-state index in [1.807, 2.05) is 14.1 Å². The van der Waals surface area contributed by atoms with Crippen LogP contribution in [0.15, 0.2) is 12.2 Å². The molecule has 0 aliphatic heterocycles. The highest BCUT2D eigenvalue weighted by Crippen LogP contribution is 2.10. The maximum Gasteiger partial charge on any atom is 0.219 e. The molecule has 1 N–H and O–H groups in total. The van der Waals surface area contributed by atoms with Crippen molar-refractivity contribution < 1.29 is 19.2 Å². The summed E-state index contributed by atoms with van der Waals surface area (Å²) in [5, 5.41) is 13.6. The lowest BCUT2D eigenvalue weighted by Gasteiger charge is -2.30. The molecule has 0 aromatic heterocycles. The molecular weight excluding hydrogens is 376 g/mol. The lowest BCUT2D eigenvalue weighted by atomic mass is 10.1. The van der Waals surface area contributed by atoms with Gasteiger partial charge in [-0.05, 0) is 32.1 Å². The van der Waals surface area contributed by atoms with Gasteiger partial charge in [0.2, 0.25) is 5.91 Å². The topological polar surface area (TPSA) is 69.2 Å². The van der Waals surface area contributed by atoms with Crippen LogP contribution in [0.3, 0.4) is 0 Å². The molecule has 5 heteroatoms. The van der Waals surface area contributed by atoms with E-state index in [1.54, 1.807) is 0 Å². The average Bonchev–Trinajstić information content (AvgIpc) is 2.67. The third-order valence-corrected chi connectivity index (χ3v) is 5.49. The van der Waals surface area contributed by atoms with Crippen molar-refractivity contribution in [2.24, 2.45) is 0 Å². The van der Waals surface area contributed by atoms with Gasteiger partial charge in [0.1, 0.15) is 6.54 Å². The largest absolute Gasteiger partial charge is 0.544 e. The van der Waals surface area contributed by atoms with Crippen molar-refractivity contribution in [3.8, 4) is 0 Å². The van der Waals surface area contributed by atoms with Gasteiger partial charge < -0.3 is 19.7 Å². The second kappa shape index (κ2) is 19.6. The number of carbonyl (C=O) groups excluding carboxylic acids is 2. The first kappa shape index (κ1) is 28.6. The third-order valence-electron chi connectivity index (χ3n) is 5.49. The normalized spacial score (nSPS) is 11.8. The highest BCUT2D eigenvalue weighted by molar-refractivity contribution is 5.75. The van der Waals surface area contributed by atoms with Gasteiger partial charge in [0.25, 0.3) is 0 Å². The maximum atomic E-state index is 11.8. The first-order chi connectivity index (χ1) is 14.4. The Morgan fingerprint density at radius 2 is 1.33 bits per heavy atom. The number of allylic oxidation sites excluding steroid dienone is 2. The van der Waals surface area contributed by atoms with Crippen molar-refractivity contribution in [1.29, 1.82) is 0 Å². The van der Waals surface area contributed by atoms with E-state index in [4.69, 9.17) is 0 Å². The maximum absolute atomic E-state index is 11.8. The molecule has 0 heterocycles. The van der Waals surface area contributed by atoms with Gasteiger partial charge in [-0.25, -0.2) is 0 Å². The fourth-order valence-corrected chi connectivity index (χ4v) is 3.61. The molecule has 0 bridgehead atoms. The predicted molar refractivity (Wildman–Crippen MR) is 124 cm³/mol. The van der Waals surface area contributed by atoms with Gasteiger partial charge in [-0.2, -0.15) is 0 Å². The third kappa shape index (κ3) is 21.4. The molecule has 0 aromatic rings. The number of unbranched alkanes of at least 4 members (excludes halogenated alkanes) is 11. The van der Waals surface area contributed by atoms with Crippen LogP contribution in [-0.4, -0.2) is 50.1 Å². The van der Waals surface area contributed by atoms with Crippen molar-refractivity contribution in [2.45, 2.75) is 103 Å². The van der Waals surface area contributed by atoms with Crippen LogP contribution in [-0.2, 0) is 9.59 Å². The second-order valence-electron chi connectivity index (χ2n) is 9.23. The van der Waals surface area contributed by atoms with Crippen molar-refractivity contribution in [1.82, 2.24) is 5.32 Å². The Bertz CT molecular complexity index is 461. The quantitative estimate of drug-likeness (QED) is 0.169. The minimum absolute atomic E-state index is 0.00284. The standard InChI is InChI=1S/C25H48N2O3/c1-4-5-6-7-8-9-10-11-12-13-14-15-16-17-18-20-24(28)26-21-19-22-27(2,3)23-25(29)30/h11-12H,4-10,13-23H2,1-3H3,(H-,26,28,29,30)/b12-11+. The molecule has 0 aromatic carbocycles. The summed E-state index contributed by atoms with van der Waals surface area (Å²) < 4.78 is 0.381. The number of likely N-dealkylation sites (N-methyl/N-ethyl adjacent to an activating group) is 1. The molecular formula is C25H48N2O3. The van der Waals surface area contributed by atoms with Gasteiger partial charge in [0.05, 0.1) is 26.6 Å². The van der Waals surface area contributed by atoms with Crippen LogP contribution in [0, 0.1) is 0 Å². The monoisotopic (exact) mass is 424 g/mol. The van der Waals surface area contributed by atoms with Crippen LogP contribution in [0.4, 0.5) is 0 Å². The van der Waals surface area contributed by atoms with E-state index < -0.39 is 5.97 Å². The van der Waals surface area contributed by atoms with Crippen LogP contribution in [0.5, 0.6) is 0 Å². The van der Waals surface area contributed by atoms with E-state index in [0.717, 1.165) is 19.3 Å². The predicted octanol–water partition coefficient (Wildman–Crippen LogP) is 4.36. The molecule has 0 saturated carbocycles. The molecule has 0 saturated heterocycles. The number of carboxylic acids is 1. The summed E-state index contributed by atoms with van der Waals surface area (Å²) in [5.74, 6) is -0.925. The fourth-order valence-electron chi connectivity index (χ4n) is 3.61. The fraction of sp³-hybridized carbons (Fsp3) is 0.840. The van der Waals surface area contributed by atoms with Gasteiger partial charge in [-0.15, -0.1) is 0 Å². The minimum Gasteiger partial charge on any atom is -0.544 e. The van der Waals surface area contributed by atoms with Gasteiger partial charge in [-0.1, -0.05) is 70.4 Å². The smallest absolute Gasteiger partial charge is 0.219 e. The van der Waals surface area contributed by atoms with E-state index in [0.29, 0.717) is 24.0 Å². The van der Waals surface area contributed by atoms with Crippen LogP contribution in [0.1, 0.15) is 103 Å². The SMILES string of the molecule is CCCCCCCC/C=C/CCCCCCCC(=O)NCCC[N+](C)(C)CC(=O)[O-]. The molecule has 0 rings (SSSR count). The average molecular weight is 425 g/mol. The molecule has 1 amide bonds. The molecule has 176 valence electrons. The molecule has 0 aliphatic rings.